The third kappa shape index (κ3) is 4.72. The first-order chi connectivity index (χ1) is 8.29. The Morgan fingerprint density at radius 1 is 1.15 bits per heavy atom. The fraction of sp³-hybridized carbons (Fsp3) is 1.00. The standard InChI is InChI=1S/C9H21NO7P2.HI/c1-10(2)5-3-4-8(7-10)6-9(11,18(12,13)14)19(15,16)17;/h8,11H,3-7H2,1-2H3,(H3-,12,13,14,15,16,17);1H. The van der Waals surface area contributed by atoms with E-state index in [1.54, 1.807) is 0 Å². The van der Waals surface area contributed by atoms with Gasteiger partial charge in [0.05, 0.1) is 27.2 Å². The molecule has 1 fully saturated rings. The van der Waals surface area contributed by atoms with E-state index < -0.39 is 26.7 Å². The molecule has 0 bridgehead atoms. The van der Waals surface area contributed by atoms with Crippen molar-refractivity contribution in [3.05, 3.63) is 0 Å². The lowest BCUT2D eigenvalue weighted by Crippen LogP contribution is -3.00. The lowest BCUT2D eigenvalue weighted by Gasteiger charge is -2.40. The number of halogens is 1. The van der Waals surface area contributed by atoms with Crippen molar-refractivity contribution in [1.29, 1.82) is 0 Å². The Labute approximate surface area is 135 Å². The Kier molecular flexibility index (Phi) is 6.91. The van der Waals surface area contributed by atoms with Crippen LogP contribution in [0.15, 0.2) is 0 Å². The molecule has 122 valence electrons. The quantitative estimate of drug-likeness (QED) is 0.176. The minimum absolute atomic E-state index is 0. The fourth-order valence-electron chi connectivity index (χ4n) is 2.65. The van der Waals surface area contributed by atoms with Gasteiger partial charge < -0.3 is 53.1 Å². The first-order valence-corrected chi connectivity index (χ1v) is 9.17. The maximum absolute atomic E-state index is 11.3. The molecule has 0 saturated carbocycles. The normalized spacial score (nSPS) is 24.1. The summed E-state index contributed by atoms with van der Waals surface area (Å²) in [5.41, 5.74) is 0. The zero-order valence-corrected chi connectivity index (χ0v) is 15.3. The van der Waals surface area contributed by atoms with Crippen LogP contribution < -0.4 is 24.0 Å². The number of piperidine rings is 1. The Bertz CT molecular complexity index is 410. The molecule has 0 aromatic heterocycles. The molecule has 1 aliphatic rings. The van der Waals surface area contributed by atoms with E-state index in [-0.39, 0.29) is 29.9 Å². The van der Waals surface area contributed by atoms with E-state index in [9.17, 15) is 14.2 Å². The van der Waals surface area contributed by atoms with Crippen LogP contribution in [-0.4, -0.2) is 61.4 Å². The van der Waals surface area contributed by atoms with Crippen LogP contribution >= 0.6 is 15.2 Å². The number of rotatable bonds is 4. The van der Waals surface area contributed by atoms with Crippen LogP contribution in [0.1, 0.15) is 19.3 Å². The summed E-state index contributed by atoms with van der Waals surface area (Å²) < 4.78 is 23.2. The minimum Gasteiger partial charge on any atom is -1.00 e. The summed E-state index contributed by atoms with van der Waals surface area (Å²) in [6, 6.07) is 0. The first-order valence-electron chi connectivity index (χ1n) is 5.94. The average Bonchev–Trinajstić information content (AvgIpc) is 2.11. The molecule has 8 nitrogen and oxygen atoms in total. The number of likely N-dealkylation sites (tertiary alicyclic amines) is 1. The molecule has 0 aromatic carbocycles. The predicted octanol–water partition coefficient (Wildman–Crippen LogP) is -3.13. The lowest BCUT2D eigenvalue weighted by molar-refractivity contribution is -0.898. The molecule has 0 aliphatic carbocycles. The highest BCUT2D eigenvalue weighted by Gasteiger charge is 2.60. The third-order valence-corrected chi connectivity index (χ3v) is 7.42. The predicted molar refractivity (Wildman–Crippen MR) is 68.2 cm³/mol. The molecule has 0 radical (unpaired) electrons. The Hall–Kier alpha value is 0.950. The van der Waals surface area contributed by atoms with Gasteiger partial charge in [0.1, 0.15) is 0 Å². The van der Waals surface area contributed by atoms with Gasteiger partial charge in [0.15, 0.2) is 0 Å². The van der Waals surface area contributed by atoms with Crippen molar-refractivity contribution in [3.8, 4) is 0 Å². The van der Waals surface area contributed by atoms with Crippen molar-refractivity contribution in [1.82, 2.24) is 0 Å². The van der Waals surface area contributed by atoms with Gasteiger partial charge in [0.25, 0.3) is 5.08 Å². The summed E-state index contributed by atoms with van der Waals surface area (Å²) >= 11 is 0. The van der Waals surface area contributed by atoms with Gasteiger partial charge in [-0.3, -0.25) is 9.13 Å². The van der Waals surface area contributed by atoms with Crippen LogP contribution in [0.4, 0.5) is 0 Å². The van der Waals surface area contributed by atoms with E-state index in [4.69, 9.17) is 19.6 Å². The second-order valence-electron chi connectivity index (χ2n) is 5.92. The van der Waals surface area contributed by atoms with Gasteiger partial charge in [-0.15, -0.1) is 0 Å². The largest absolute Gasteiger partial charge is 1.00 e. The molecule has 1 unspecified atom stereocenters. The summed E-state index contributed by atoms with van der Waals surface area (Å²) in [5.74, 6) is -0.339. The fourth-order valence-corrected chi connectivity index (χ4v) is 5.00. The monoisotopic (exact) mass is 445 g/mol. The summed E-state index contributed by atoms with van der Waals surface area (Å²) in [4.78, 5) is 36.4. The molecule has 1 saturated heterocycles. The molecule has 0 aromatic rings. The van der Waals surface area contributed by atoms with Gasteiger partial charge in [0.2, 0.25) is 0 Å². The Morgan fingerprint density at radius 2 is 1.60 bits per heavy atom. The first kappa shape index (κ1) is 20.9. The number of hydrogen-bond acceptors (Lipinski definition) is 3. The molecule has 0 amide bonds. The molecule has 5 N–H and O–H groups in total. The maximum Gasteiger partial charge on any atom is 0.369 e. The smallest absolute Gasteiger partial charge is 0.369 e. The van der Waals surface area contributed by atoms with Crippen LogP contribution in [0.3, 0.4) is 0 Å². The zero-order valence-electron chi connectivity index (χ0n) is 11.4. The molecular weight excluding hydrogens is 423 g/mol. The van der Waals surface area contributed by atoms with Crippen molar-refractivity contribution in [2.75, 3.05) is 27.2 Å². The second kappa shape index (κ2) is 6.60. The molecule has 1 aliphatic heterocycles. The van der Waals surface area contributed by atoms with E-state index in [0.717, 1.165) is 13.0 Å². The van der Waals surface area contributed by atoms with Gasteiger partial charge in [-0.25, -0.2) is 0 Å². The van der Waals surface area contributed by atoms with E-state index >= 15 is 0 Å². The van der Waals surface area contributed by atoms with Gasteiger partial charge >= 0.3 is 15.2 Å². The van der Waals surface area contributed by atoms with Crippen LogP contribution in [0.5, 0.6) is 0 Å². The second-order valence-corrected chi connectivity index (χ2v) is 9.93. The van der Waals surface area contributed by atoms with Crippen molar-refractivity contribution in [3.63, 3.8) is 0 Å². The van der Waals surface area contributed by atoms with E-state index in [1.807, 2.05) is 14.1 Å². The zero-order chi connectivity index (χ0) is 15.1. The van der Waals surface area contributed by atoms with E-state index in [2.05, 4.69) is 0 Å². The van der Waals surface area contributed by atoms with Crippen molar-refractivity contribution in [2.24, 2.45) is 5.92 Å². The summed E-state index contributed by atoms with van der Waals surface area (Å²) in [6.45, 7) is 1.41. The SMILES string of the molecule is C[N+]1(C)CCCC(CC(O)(P(=O)(O)O)P(=O)(O)O)C1.[I-]. The molecule has 20 heavy (non-hydrogen) atoms. The van der Waals surface area contributed by atoms with Crippen LogP contribution in [0.25, 0.3) is 0 Å². The van der Waals surface area contributed by atoms with Gasteiger partial charge in [-0.2, -0.15) is 0 Å². The Morgan fingerprint density at radius 3 is 1.95 bits per heavy atom. The molecule has 1 heterocycles. The van der Waals surface area contributed by atoms with Gasteiger partial charge in [-0.1, -0.05) is 0 Å². The van der Waals surface area contributed by atoms with Crippen LogP contribution in [0, 0.1) is 5.92 Å². The van der Waals surface area contributed by atoms with Crippen LogP contribution in [0.2, 0.25) is 0 Å². The highest BCUT2D eigenvalue weighted by molar-refractivity contribution is 7.72. The number of quaternary nitrogens is 1. The summed E-state index contributed by atoms with van der Waals surface area (Å²) in [6.07, 6.45) is 0.781. The number of nitrogens with zero attached hydrogens (tertiary/aromatic N) is 1. The minimum atomic E-state index is -5.33. The van der Waals surface area contributed by atoms with Gasteiger partial charge in [0, 0.05) is 12.3 Å². The molecule has 1 rings (SSSR count). The van der Waals surface area contributed by atoms with Crippen molar-refractivity contribution < 1.29 is 62.3 Å². The van der Waals surface area contributed by atoms with Gasteiger partial charge in [-0.05, 0) is 12.8 Å². The van der Waals surface area contributed by atoms with Crippen molar-refractivity contribution in [2.45, 2.75) is 24.3 Å². The van der Waals surface area contributed by atoms with Crippen molar-refractivity contribution >= 4 is 15.2 Å². The third-order valence-electron chi connectivity index (χ3n) is 3.62. The lowest BCUT2D eigenvalue weighted by atomic mass is 9.94. The number of hydrogen-bond donors (Lipinski definition) is 5. The molecular formula is C9H22INO7P2. The Balaban J connectivity index is 0.00000361. The maximum atomic E-state index is 11.3. The topological polar surface area (TPSA) is 135 Å². The summed E-state index contributed by atoms with van der Waals surface area (Å²) in [5, 5.41) is 6.60. The molecule has 0 spiro atoms. The average molecular weight is 445 g/mol. The summed E-state index contributed by atoms with van der Waals surface area (Å²) in [7, 11) is -6.80. The van der Waals surface area contributed by atoms with E-state index in [0.29, 0.717) is 17.4 Å². The molecule has 1 atom stereocenters. The van der Waals surface area contributed by atoms with E-state index in [1.165, 1.54) is 0 Å². The van der Waals surface area contributed by atoms with Crippen LogP contribution in [-0.2, 0) is 9.13 Å². The highest BCUT2D eigenvalue weighted by atomic mass is 127. The molecule has 11 heteroatoms. The number of aliphatic hydroxyl groups is 1. The highest BCUT2D eigenvalue weighted by Crippen LogP contribution is 2.69.